The Balaban J connectivity index is 2.68. The molecule has 0 unspecified atom stereocenters. The van der Waals surface area contributed by atoms with Gasteiger partial charge in [0, 0.05) is 21.7 Å². The largest absolute Gasteiger partial charge is 0.506 e. The van der Waals surface area contributed by atoms with Gasteiger partial charge in [0.25, 0.3) is 0 Å². The van der Waals surface area contributed by atoms with Crippen LogP contribution in [-0.2, 0) is 0 Å². The molecule has 0 aliphatic heterocycles. The highest BCUT2D eigenvalue weighted by Gasteiger charge is 2.12. The Morgan fingerprint density at radius 3 is 2.41 bits per heavy atom. The van der Waals surface area contributed by atoms with Crippen LogP contribution in [0.3, 0.4) is 0 Å². The van der Waals surface area contributed by atoms with Gasteiger partial charge in [-0.1, -0.05) is 39.1 Å². The first kappa shape index (κ1) is 12.7. The Kier molecular flexibility index (Phi) is 3.61. The van der Waals surface area contributed by atoms with Crippen molar-refractivity contribution in [1.82, 2.24) is 0 Å². The van der Waals surface area contributed by atoms with E-state index in [9.17, 15) is 9.50 Å². The number of benzene rings is 2. The summed E-state index contributed by atoms with van der Waals surface area (Å²) in [6, 6.07) is 7.25. The monoisotopic (exact) mass is 334 g/mol. The molecule has 1 nitrogen and oxygen atoms in total. The molecule has 0 heterocycles. The molecule has 5 heteroatoms. The van der Waals surface area contributed by atoms with Gasteiger partial charge in [0.1, 0.15) is 11.6 Å². The lowest BCUT2D eigenvalue weighted by Gasteiger charge is -2.08. The minimum absolute atomic E-state index is 0.128. The number of halogens is 4. The minimum atomic E-state index is -0.406. The molecular weight excluding hydrogens is 330 g/mol. The van der Waals surface area contributed by atoms with Gasteiger partial charge in [-0.25, -0.2) is 4.39 Å². The maximum absolute atomic E-state index is 13.7. The summed E-state index contributed by atoms with van der Waals surface area (Å²) >= 11 is 15.0. The van der Waals surface area contributed by atoms with Crippen molar-refractivity contribution in [1.29, 1.82) is 0 Å². The summed E-state index contributed by atoms with van der Waals surface area (Å²) in [4.78, 5) is 0. The van der Waals surface area contributed by atoms with Crippen molar-refractivity contribution < 1.29 is 9.50 Å². The molecule has 2 aromatic carbocycles. The SMILES string of the molecule is Oc1cc(Cl)c(-c2cc(Br)ccc2F)cc1Cl. The molecule has 88 valence electrons. The molecule has 17 heavy (non-hydrogen) atoms. The fourth-order valence-electron chi connectivity index (χ4n) is 1.45. The average Bonchev–Trinajstić information content (AvgIpc) is 2.27. The first-order valence-corrected chi connectivity index (χ1v) is 6.17. The van der Waals surface area contributed by atoms with Crippen molar-refractivity contribution in [2.45, 2.75) is 0 Å². The maximum Gasteiger partial charge on any atom is 0.135 e. The predicted molar refractivity (Wildman–Crippen MR) is 71.2 cm³/mol. The van der Waals surface area contributed by atoms with Gasteiger partial charge in [-0.15, -0.1) is 0 Å². The first-order valence-electron chi connectivity index (χ1n) is 4.62. The molecule has 2 aromatic rings. The highest BCUT2D eigenvalue weighted by Crippen LogP contribution is 2.37. The number of rotatable bonds is 1. The highest BCUT2D eigenvalue weighted by atomic mass is 79.9. The van der Waals surface area contributed by atoms with Gasteiger partial charge in [0.2, 0.25) is 0 Å². The number of hydrogen-bond acceptors (Lipinski definition) is 1. The van der Waals surface area contributed by atoms with Crippen LogP contribution in [0.4, 0.5) is 4.39 Å². The fourth-order valence-corrected chi connectivity index (χ4v) is 2.23. The van der Waals surface area contributed by atoms with Crippen molar-refractivity contribution in [3.8, 4) is 16.9 Å². The Bertz CT molecular complexity index is 587. The molecule has 0 radical (unpaired) electrons. The topological polar surface area (TPSA) is 20.2 Å². The van der Waals surface area contributed by atoms with E-state index in [1.807, 2.05) is 0 Å². The Morgan fingerprint density at radius 1 is 1.00 bits per heavy atom. The van der Waals surface area contributed by atoms with Crippen LogP contribution in [0, 0.1) is 5.82 Å². The predicted octanol–water partition coefficient (Wildman–Crippen LogP) is 5.27. The summed E-state index contributed by atoms with van der Waals surface area (Å²) in [6.07, 6.45) is 0. The average molecular weight is 336 g/mol. The molecule has 0 bridgehead atoms. The fraction of sp³-hybridized carbons (Fsp3) is 0. The van der Waals surface area contributed by atoms with Crippen molar-refractivity contribution >= 4 is 39.1 Å². The lowest BCUT2D eigenvalue weighted by atomic mass is 10.0. The molecule has 0 aliphatic rings. The van der Waals surface area contributed by atoms with E-state index in [2.05, 4.69) is 15.9 Å². The number of phenols is 1. The van der Waals surface area contributed by atoms with Gasteiger partial charge in [0.15, 0.2) is 0 Å². The zero-order valence-corrected chi connectivity index (χ0v) is 11.4. The molecule has 0 saturated heterocycles. The molecule has 2 rings (SSSR count). The summed E-state index contributed by atoms with van der Waals surface area (Å²) in [5.41, 5.74) is 0.763. The van der Waals surface area contributed by atoms with E-state index in [4.69, 9.17) is 23.2 Å². The summed E-state index contributed by atoms with van der Waals surface area (Å²) < 4.78 is 14.4. The summed E-state index contributed by atoms with van der Waals surface area (Å²) in [5, 5.41) is 9.74. The Morgan fingerprint density at radius 2 is 1.71 bits per heavy atom. The van der Waals surface area contributed by atoms with Gasteiger partial charge in [-0.3, -0.25) is 0 Å². The van der Waals surface area contributed by atoms with Crippen LogP contribution in [0.25, 0.3) is 11.1 Å². The zero-order valence-electron chi connectivity index (χ0n) is 8.35. The second-order valence-electron chi connectivity index (χ2n) is 3.41. The van der Waals surface area contributed by atoms with Crippen LogP contribution in [0.1, 0.15) is 0 Å². The third kappa shape index (κ3) is 2.57. The quantitative estimate of drug-likeness (QED) is 0.752. The number of hydrogen-bond donors (Lipinski definition) is 1. The molecule has 0 atom stereocenters. The lowest BCUT2D eigenvalue weighted by molar-refractivity contribution is 0.475. The second-order valence-corrected chi connectivity index (χ2v) is 5.14. The number of phenolic OH excluding ortho intramolecular Hbond substituents is 1. The van der Waals surface area contributed by atoms with E-state index >= 15 is 0 Å². The van der Waals surface area contributed by atoms with Crippen LogP contribution < -0.4 is 0 Å². The van der Waals surface area contributed by atoms with Crippen molar-refractivity contribution in [2.75, 3.05) is 0 Å². The normalized spacial score (nSPS) is 10.6. The molecule has 0 amide bonds. The summed E-state index contributed by atoms with van der Waals surface area (Å²) in [6.45, 7) is 0. The zero-order chi connectivity index (χ0) is 12.6. The van der Waals surface area contributed by atoms with E-state index in [0.717, 1.165) is 4.47 Å². The minimum Gasteiger partial charge on any atom is -0.506 e. The van der Waals surface area contributed by atoms with E-state index in [-0.39, 0.29) is 15.8 Å². The summed E-state index contributed by atoms with van der Waals surface area (Å²) in [5.74, 6) is -0.535. The number of aromatic hydroxyl groups is 1. The van der Waals surface area contributed by atoms with Crippen LogP contribution in [0.5, 0.6) is 5.75 Å². The maximum atomic E-state index is 13.7. The van der Waals surface area contributed by atoms with Gasteiger partial charge in [-0.05, 0) is 24.3 Å². The molecule has 0 fully saturated rings. The van der Waals surface area contributed by atoms with Crippen LogP contribution in [-0.4, -0.2) is 5.11 Å². The lowest BCUT2D eigenvalue weighted by Crippen LogP contribution is -1.86. The Hall–Kier alpha value is -0.770. The first-order chi connectivity index (χ1) is 7.99. The third-order valence-electron chi connectivity index (χ3n) is 2.26. The molecule has 1 N–H and O–H groups in total. The van der Waals surface area contributed by atoms with Gasteiger partial charge in [-0.2, -0.15) is 0 Å². The molecule has 0 aliphatic carbocycles. The second kappa shape index (κ2) is 4.84. The van der Waals surface area contributed by atoms with Crippen LogP contribution in [0.2, 0.25) is 10.0 Å². The smallest absolute Gasteiger partial charge is 0.135 e. The van der Waals surface area contributed by atoms with Gasteiger partial charge >= 0.3 is 0 Å². The van der Waals surface area contributed by atoms with Crippen molar-refractivity contribution in [2.24, 2.45) is 0 Å². The van der Waals surface area contributed by atoms with Gasteiger partial charge < -0.3 is 5.11 Å². The Labute approximate surface area is 116 Å². The van der Waals surface area contributed by atoms with E-state index < -0.39 is 5.82 Å². The van der Waals surface area contributed by atoms with E-state index in [0.29, 0.717) is 11.1 Å². The van der Waals surface area contributed by atoms with Crippen molar-refractivity contribution in [3.63, 3.8) is 0 Å². The molecule has 0 aromatic heterocycles. The molecule has 0 saturated carbocycles. The van der Waals surface area contributed by atoms with Crippen molar-refractivity contribution in [3.05, 3.63) is 50.7 Å². The van der Waals surface area contributed by atoms with Crippen LogP contribution in [0.15, 0.2) is 34.8 Å². The van der Waals surface area contributed by atoms with Crippen LogP contribution >= 0.6 is 39.1 Å². The summed E-state index contributed by atoms with van der Waals surface area (Å²) in [7, 11) is 0. The molecule has 0 spiro atoms. The molecular formula is C12H6BrCl2FO. The van der Waals surface area contributed by atoms with E-state index in [1.165, 1.54) is 18.2 Å². The van der Waals surface area contributed by atoms with Gasteiger partial charge in [0.05, 0.1) is 10.0 Å². The highest BCUT2D eigenvalue weighted by molar-refractivity contribution is 9.10. The third-order valence-corrected chi connectivity index (χ3v) is 3.36. The van der Waals surface area contributed by atoms with E-state index in [1.54, 1.807) is 12.1 Å². The standard InChI is InChI=1S/C12H6BrCl2FO/c13-6-1-2-11(16)8(3-6)7-4-10(15)12(17)5-9(7)14/h1-5,17H.